The number of nitrogens with zero attached hydrogens (tertiary/aromatic N) is 5. The summed E-state index contributed by atoms with van der Waals surface area (Å²) in [5, 5.41) is 10.4. The summed E-state index contributed by atoms with van der Waals surface area (Å²) in [5.74, 6) is -1.68. The Hall–Kier alpha value is -1.71. The van der Waals surface area contributed by atoms with Crippen molar-refractivity contribution < 1.29 is 13.2 Å². The summed E-state index contributed by atoms with van der Waals surface area (Å²) < 4.78 is 38.2. The molecule has 0 saturated heterocycles. The van der Waals surface area contributed by atoms with Crippen LogP contribution in [-0.2, 0) is 6.18 Å². The first-order valence-electron chi connectivity index (χ1n) is 4.17. The van der Waals surface area contributed by atoms with Crippen LogP contribution in [-0.4, -0.2) is 25.0 Å². The zero-order valence-corrected chi connectivity index (χ0v) is 9.57. The summed E-state index contributed by atoms with van der Waals surface area (Å²) in [4.78, 5) is 3.11. The number of hydrogen-bond donors (Lipinski definition) is 1. The molecule has 2 N–H and O–H groups in total. The molecule has 2 aromatic heterocycles. The van der Waals surface area contributed by atoms with Crippen LogP contribution in [0.25, 0.3) is 5.82 Å². The van der Waals surface area contributed by atoms with Crippen molar-refractivity contribution in [1.29, 1.82) is 0 Å². The van der Waals surface area contributed by atoms with Crippen LogP contribution in [0.2, 0.25) is 0 Å². The monoisotopic (exact) mass is 308 g/mol. The third-order valence-electron chi connectivity index (χ3n) is 1.72. The molecule has 10 heteroatoms. The zero-order chi connectivity index (χ0) is 12.6. The average Bonchev–Trinajstić information content (AvgIpc) is 2.61. The van der Waals surface area contributed by atoms with Gasteiger partial charge in [-0.3, -0.25) is 0 Å². The molecule has 2 aromatic rings. The van der Waals surface area contributed by atoms with E-state index in [1.54, 1.807) is 0 Å². The van der Waals surface area contributed by atoms with Crippen LogP contribution in [0, 0.1) is 0 Å². The first-order chi connectivity index (χ1) is 7.88. The minimum atomic E-state index is -4.65. The Morgan fingerprint density at radius 1 is 1.24 bits per heavy atom. The van der Waals surface area contributed by atoms with Gasteiger partial charge >= 0.3 is 6.18 Å². The molecule has 17 heavy (non-hydrogen) atoms. The number of alkyl halides is 3. The van der Waals surface area contributed by atoms with E-state index in [0.717, 1.165) is 4.68 Å². The van der Waals surface area contributed by atoms with Crippen LogP contribution in [0.4, 0.5) is 19.1 Å². The highest BCUT2D eigenvalue weighted by Crippen LogP contribution is 2.27. The Labute approximate surface area is 101 Å². The molecule has 0 aliphatic heterocycles. The number of aromatic nitrogens is 5. The lowest BCUT2D eigenvalue weighted by Crippen LogP contribution is -2.09. The molecule has 0 bridgehead atoms. The average molecular weight is 309 g/mol. The zero-order valence-electron chi connectivity index (χ0n) is 7.98. The molecule has 0 aromatic carbocycles. The minimum Gasteiger partial charge on any atom is -0.368 e. The SMILES string of the molecule is Nc1nc(C(F)(F)F)nn1-c1ccc(Br)nn1. The second kappa shape index (κ2) is 3.95. The molecule has 0 aliphatic rings. The normalized spacial score (nSPS) is 11.8. The van der Waals surface area contributed by atoms with Crippen LogP contribution in [0.15, 0.2) is 16.7 Å². The van der Waals surface area contributed by atoms with E-state index in [1.165, 1.54) is 12.1 Å². The van der Waals surface area contributed by atoms with Crippen molar-refractivity contribution in [3.8, 4) is 5.82 Å². The van der Waals surface area contributed by atoms with Gasteiger partial charge in [0.2, 0.25) is 5.95 Å². The van der Waals surface area contributed by atoms with Crippen LogP contribution in [0.3, 0.4) is 0 Å². The molecule has 0 unspecified atom stereocenters. The molecule has 2 rings (SSSR count). The topological polar surface area (TPSA) is 82.5 Å². The molecule has 0 atom stereocenters. The number of nitrogens with two attached hydrogens (primary N) is 1. The van der Waals surface area contributed by atoms with Crippen molar-refractivity contribution in [2.45, 2.75) is 6.18 Å². The first kappa shape index (κ1) is 11.8. The summed E-state index contributed by atoms with van der Waals surface area (Å²) in [6.45, 7) is 0. The Morgan fingerprint density at radius 2 is 1.94 bits per heavy atom. The van der Waals surface area contributed by atoms with Crippen LogP contribution >= 0.6 is 15.9 Å². The molecule has 0 radical (unpaired) electrons. The van der Waals surface area contributed by atoms with Crippen molar-refractivity contribution in [1.82, 2.24) is 25.0 Å². The van der Waals surface area contributed by atoms with E-state index in [4.69, 9.17) is 5.73 Å². The van der Waals surface area contributed by atoms with E-state index in [2.05, 4.69) is 36.2 Å². The van der Waals surface area contributed by atoms with Gasteiger partial charge in [0.25, 0.3) is 5.82 Å². The largest absolute Gasteiger partial charge is 0.453 e. The summed E-state index contributed by atoms with van der Waals surface area (Å²) in [5.41, 5.74) is 5.32. The standard InChI is InChI=1S/C7H4BrF3N6/c8-3-1-2-4(15-14-3)17-6(12)13-5(16-17)7(9,10)11/h1-2H,(H2,12,13,16). The maximum atomic E-state index is 12.3. The number of anilines is 1. The second-order valence-corrected chi connectivity index (χ2v) is 3.73. The minimum absolute atomic E-state index is 0.0497. The van der Waals surface area contributed by atoms with Gasteiger partial charge in [0, 0.05) is 0 Å². The maximum Gasteiger partial charge on any atom is 0.453 e. The van der Waals surface area contributed by atoms with Crippen molar-refractivity contribution in [2.24, 2.45) is 0 Å². The molecular weight excluding hydrogens is 305 g/mol. The molecule has 0 saturated carbocycles. The lowest BCUT2D eigenvalue weighted by Gasteiger charge is -2.00. The quantitative estimate of drug-likeness (QED) is 0.861. The molecule has 0 aliphatic carbocycles. The van der Waals surface area contributed by atoms with Gasteiger partial charge in [0.1, 0.15) is 4.60 Å². The summed E-state index contributed by atoms with van der Waals surface area (Å²) in [6.07, 6.45) is -4.65. The van der Waals surface area contributed by atoms with Gasteiger partial charge in [-0.2, -0.15) is 22.8 Å². The van der Waals surface area contributed by atoms with Crippen molar-refractivity contribution in [3.63, 3.8) is 0 Å². The molecule has 0 fully saturated rings. The second-order valence-electron chi connectivity index (χ2n) is 2.92. The molecule has 90 valence electrons. The highest BCUT2D eigenvalue weighted by atomic mass is 79.9. The summed E-state index contributed by atoms with van der Waals surface area (Å²) >= 11 is 3.04. The van der Waals surface area contributed by atoms with E-state index in [-0.39, 0.29) is 5.82 Å². The van der Waals surface area contributed by atoms with Gasteiger partial charge in [0.15, 0.2) is 5.82 Å². The van der Waals surface area contributed by atoms with Crippen molar-refractivity contribution in [2.75, 3.05) is 5.73 Å². The maximum absolute atomic E-state index is 12.3. The third kappa shape index (κ3) is 2.35. The summed E-state index contributed by atoms with van der Waals surface area (Å²) in [7, 11) is 0. The van der Waals surface area contributed by atoms with Crippen LogP contribution in [0.5, 0.6) is 0 Å². The van der Waals surface area contributed by atoms with E-state index >= 15 is 0 Å². The fraction of sp³-hybridized carbons (Fsp3) is 0.143. The van der Waals surface area contributed by atoms with E-state index in [0.29, 0.717) is 4.60 Å². The Bertz CT molecular complexity index is 534. The first-order valence-corrected chi connectivity index (χ1v) is 4.96. The highest BCUT2D eigenvalue weighted by Gasteiger charge is 2.37. The number of rotatable bonds is 1. The van der Waals surface area contributed by atoms with Crippen LogP contribution < -0.4 is 5.73 Å². The van der Waals surface area contributed by atoms with Crippen molar-refractivity contribution in [3.05, 3.63) is 22.6 Å². The molecule has 2 heterocycles. The Balaban J connectivity index is 2.46. The lowest BCUT2D eigenvalue weighted by molar-refractivity contribution is -0.144. The van der Waals surface area contributed by atoms with Crippen LogP contribution in [0.1, 0.15) is 5.82 Å². The fourth-order valence-corrected chi connectivity index (χ4v) is 1.25. The number of halogens is 4. The fourth-order valence-electron chi connectivity index (χ4n) is 1.03. The summed E-state index contributed by atoms with van der Waals surface area (Å²) in [6, 6.07) is 2.90. The lowest BCUT2D eigenvalue weighted by atomic mass is 10.5. The van der Waals surface area contributed by atoms with E-state index < -0.39 is 17.9 Å². The van der Waals surface area contributed by atoms with E-state index in [9.17, 15) is 13.2 Å². The smallest absolute Gasteiger partial charge is 0.368 e. The third-order valence-corrected chi connectivity index (χ3v) is 2.14. The molecule has 0 spiro atoms. The van der Waals surface area contributed by atoms with Gasteiger partial charge in [-0.25, -0.2) is 0 Å². The van der Waals surface area contributed by atoms with Gasteiger partial charge in [-0.15, -0.1) is 15.3 Å². The van der Waals surface area contributed by atoms with Gasteiger partial charge in [-0.1, -0.05) is 0 Å². The highest BCUT2D eigenvalue weighted by molar-refractivity contribution is 9.10. The predicted octanol–water partition coefficient (Wildman–Crippen LogP) is 1.42. The van der Waals surface area contributed by atoms with Gasteiger partial charge in [-0.05, 0) is 28.1 Å². The Kier molecular flexibility index (Phi) is 2.73. The Morgan fingerprint density at radius 3 is 2.41 bits per heavy atom. The number of hydrogen-bond acceptors (Lipinski definition) is 5. The molecule has 0 amide bonds. The molecule has 6 nitrogen and oxygen atoms in total. The van der Waals surface area contributed by atoms with Gasteiger partial charge in [0.05, 0.1) is 0 Å². The molecular formula is C7H4BrF3N6. The predicted molar refractivity (Wildman–Crippen MR) is 54.1 cm³/mol. The van der Waals surface area contributed by atoms with E-state index in [1.807, 2.05) is 0 Å². The van der Waals surface area contributed by atoms with Gasteiger partial charge < -0.3 is 5.73 Å². The van der Waals surface area contributed by atoms with Crippen molar-refractivity contribution >= 4 is 21.9 Å². The number of nitrogen functional groups attached to an aromatic ring is 1.